The lowest BCUT2D eigenvalue weighted by atomic mass is 10.1. The average Bonchev–Trinajstić information content (AvgIpc) is 2.94. The number of rotatable bonds is 6. The fourth-order valence-electron chi connectivity index (χ4n) is 2.60. The highest BCUT2D eigenvalue weighted by atomic mass is 35.5. The summed E-state index contributed by atoms with van der Waals surface area (Å²) in [5, 5.41) is 0.497. The van der Waals surface area contributed by atoms with Crippen LogP contribution in [0.1, 0.15) is 11.1 Å². The normalized spacial score (nSPS) is 16.3. The van der Waals surface area contributed by atoms with Crippen LogP contribution in [0.3, 0.4) is 0 Å². The first-order chi connectivity index (χ1) is 13.1. The van der Waals surface area contributed by atoms with Crippen molar-refractivity contribution in [3.05, 3.63) is 81.7 Å². The molecule has 1 aliphatic rings. The number of thioether (sulfide) groups is 1. The van der Waals surface area contributed by atoms with Gasteiger partial charge in [0.05, 0.1) is 12.0 Å². The summed E-state index contributed by atoms with van der Waals surface area (Å²) in [6.45, 7) is 0.536. The van der Waals surface area contributed by atoms with E-state index in [4.69, 9.17) is 28.6 Å². The zero-order chi connectivity index (χ0) is 19.2. The highest BCUT2D eigenvalue weighted by Gasteiger charge is 2.31. The number of methoxy groups -OCH3 is 1. The smallest absolute Gasteiger partial charge is 0.266 e. The molecule has 6 heteroatoms. The number of halogens is 1. The Morgan fingerprint density at radius 3 is 2.56 bits per heavy atom. The number of hydrogen-bond acceptors (Lipinski definition) is 4. The quantitative estimate of drug-likeness (QED) is 0.475. The zero-order valence-electron chi connectivity index (χ0n) is 14.7. The number of hydrogen-bond donors (Lipinski definition) is 0. The Labute approximate surface area is 173 Å². The molecular formula is C21H18ClNO2S2. The number of carbonyl (C=O) groups is 1. The molecule has 2 aromatic rings. The van der Waals surface area contributed by atoms with Crippen LogP contribution in [0.4, 0.5) is 0 Å². The molecule has 0 N–H and O–H groups in total. The van der Waals surface area contributed by atoms with Gasteiger partial charge in [0.1, 0.15) is 10.1 Å². The van der Waals surface area contributed by atoms with Crippen LogP contribution in [0, 0.1) is 0 Å². The summed E-state index contributed by atoms with van der Waals surface area (Å²) in [7, 11) is 1.64. The minimum absolute atomic E-state index is 0.0990. The van der Waals surface area contributed by atoms with Gasteiger partial charge >= 0.3 is 0 Å². The SMILES string of the molecule is COc1ccc(CCN2C(=O)/C(=C/C(Cl)=C/c3ccccc3)SC2=S)cc1. The third-order valence-electron chi connectivity index (χ3n) is 4.03. The molecule has 27 heavy (non-hydrogen) atoms. The molecule has 0 aromatic heterocycles. The molecule has 3 nitrogen and oxygen atoms in total. The molecule has 0 unspecified atom stereocenters. The van der Waals surface area contributed by atoms with Crippen LogP contribution >= 0.6 is 35.6 Å². The molecule has 0 saturated carbocycles. The Morgan fingerprint density at radius 1 is 1.19 bits per heavy atom. The van der Waals surface area contributed by atoms with Gasteiger partial charge in [0.15, 0.2) is 0 Å². The van der Waals surface area contributed by atoms with Gasteiger partial charge in [0.2, 0.25) is 0 Å². The molecule has 0 radical (unpaired) electrons. The molecule has 1 amide bonds. The van der Waals surface area contributed by atoms with Gasteiger partial charge in [0.25, 0.3) is 5.91 Å². The predicted molar refractivity (Wildman–Crippen MR) is 117 cm³/mol. The van der Waals surface area contributed by atoms with Gasteiger partial charge in [-0.1, -0.05) is 78.0 Å². The van der Waals surface area contributed by atoms with Crippen molar-refractivity contribution in [1.29, 1.82) is 0 Å². The van der Waals surface area contributed by atoms with E-state index in [-0.39, 0.29) is 5.91 Å². The first kappa shape index (κ1) is 19.7. The summed E-state index contributed by atoms with van der Waals surface area (Å²) in [6, 6.07) is 17.5. The number of nitrogens with zero attached hydrogens (tertiary/aromatic N) is 1. The molecule has 1 saturated heterocycles. The van der Waals surface area contributed by atoms with E-state index in [0.29, 0.717) is 20.8 Å². The van der Waals surface area contributed by atoms with Gasteiger partial charge in [-0.15, -0.1) is 0 Å². The van der Waals surface area contributed by atoms with E-state index in [9.17, 15) is 4.79 Å². The van der Waals surface area contributed by atoms with Crippen molar-refractivity contribution in [3.63, 3.8) is 0 Å². The Kier molecular flexibility index (Phi) is 6.72. The lowest BCUT2D eigenvalue weighted by molar-refractivity contribution is -0.122. The topological polar surface area (TPSA) is 29.5 Å². The van der Waals surface area contributed by atoms with Gasteiger partial charge in [-0.25, -0.2) is 0 Å². The van der Waals surface area contributed by atoms with E-state index >= 15 is 0 Å². The Morgan fingerprint density at radius 2 is 1.89 bits per heavy atom. The van der Waals surface area contributed by atoms with E-state index in [1.165, 1.54) is 11.8 Å². The molecule has 2 aromatic carbocycles. The summed E-state index contributed by atoms with van der Waals surface area (Å²) in [6.07, 6.45) is 4.23. The molecule has 0 aliphatic carbocycles. The Bertz CT molecular complexity index is 892. The first-order valence-corrected chi connectivity index (χ1v) is 9.97. The molecular weight excluding hydrogens is 398 g/mol. The second-order valence-electron chi connectivity index (χ2n) is 5.87. The van der Waals surface area contributed by atoms with Gasteiger partial charge in [-0.3, -0.25) is 9.69 Å². The van der Waals surface area contributed by atoms with Crippen LogP contribution in [0.2, 0.25) is 0 Å². The van der Waals surface area contributed by atoms with Crippen LogP contribution in [0.5, 0.6) is 5.75 Å². The minimum Gasteiger partial charge on any atom is -0.497 e. The maximum atomic E-state index is 12.7. The second kappa shape index (κ2) is 9.22. The van der Waals surface area contributed by atoms with Crippen LogP contribution in [0.25, 0.3) is 6.08 Å². The zero-order valence-corrected chi connectivity index (χ0v) is 17.1. The highest BCUT2D eigenvalue weighted by molar-refractivity contribution is 8.26. The van der Waals surface area contributed by atoms with E-state index in [2.05, 4.69) is 0 Å². The van der Waals surface area contributed by atoms with Crippen molar-refractivity contribution in [3.8, 4) is 5.75 Å². The second-order valence-corrected chi connectivity index (χ2v) is 7.98. The van der Waals surface area contributed by atoms with Crippen LogP contribution in [-0.4, -0.2) is 28.8 Å². The van der Waals surface area contributed by atoms with Gasteiger partial charge in [0, 0.05) is 11.6 Å². The molecule has 1 heterocycles. The summed E-state index contributed by atoms with van der Waals surface area (Å²) in [5.74, 6) is 0.713. The lowest BCUT2D eigenvalue weighted by Gasteiger charge is -2.14. The first-order valence-electron chi connectivity index (χ1n) is 8.37. The number of thiocarbonyl (C=S) groups is 1. The monoisotopic (exact) mass is 415 g/mol. The molecule has 0 spiro atoms. The largest absolute Gasteiger partial charge is 0.497 e. The number of ether oxygens (including phenoxy) is 1. The maximum absolute atomic E-state index is 12.7. The van der Waals surface area contributed by atoms with E-state index in [0.717, 1.165) is 23.3 Å². The van der Waals surface area contributed by atoms with Crippen LogP contribution in [0.15, 0.2) is 70.6 Å². The third kappa shape index (κ3) is 5.22. The third-order valence-corrected chi connectivity index (χ3v) is 5.63. The Balaban J connectivity index is 1.66. The molecule has 1 fully saturated rings. The number of carbonyl (C=O) groups excluding carboxylic acids is 1. The number of allylic oxidation sites excluding steroid dienone is 2. The van der Waals surface area contributed by atoms with Gasteiger partial charge < -0.3 is 4.74 Å². The van der Waals surface area contributed by atoms with Crippen molar-refractivity contribution in [2.24, 2.45) is 0 Å². The van der Waals surface area contributed by atoms with E-state index < -0.39 is 0 Å². The highest BCUT2D eigenvalue weighted by Crippen LogP contribution is 2.32. The number of amides is 1. The summed E-state index contributed by atoms with van der Waals surface area (Å²) >= 11 is 13.0. The van der Waals surface area contributed by atoms with Crippen molar-refractivity contribution in [1.82, 2.24) is 4.90 Å². The van der Waals surface area contributed by atoms with Gasteiger partial charge in [-0.2, -0.15) is 0 Å². The van der Waals surface area contributed by atoms with Crippen molar-refractivity contribution in [2.45, 2.75) is 6.42 Å². The average molecular weight is 416 g/mol. The molecule has 1 aliphatic heterocycles. The van der Waals surface area contributed by atoms with Crippen molar-refractivity contribution >= 4 is 51.9 Å². The fraction of sp³-hybridized carbons (Fsp3) is 0.143. The van der Waals surface area contributed by atoms with Gasteiger partial charge in [-0.05, 0) is 41.8 Å². The predicted octanol–water partition coefficient (Wildman–Crippen LogP) is 5.26. The summed E-state index contributed by atoms with van der Waals surface area (Å²) in [4.78, 5) is 14.8. The maximum Gasteiger partial charge on any atom is 0.266 e. The van der Waals surface area contributed by atoms with Crippen LogP contribution < -0.4 is 4.74 Å². The molecule has 0 bridgehead atoms. The van der Waals surface area contributed by atoms with Crippen LogP contribution in [-0.2, 0) is 11.2 Å². The standard InChI is InChI=1S/C21H18ClNO2S2/c1-25-18-9-7-15(8-10-18)11-12-23-20(24)19(27-21(23)26)14-17(22)13-16-5-3-2-4-6-16/h2-10,13-14H,11-12H2,1H3/b17-13-,19-14-. The van der Waals surface area contributed by atoms with E-state index in [1.807, 2.05) is 60.7 Å². The van der Waals surface area contributed by atoms with Crippen molar-refractivity contribution < 1.29 is 9.53 Å². The molecule has 138 valence electrons. The Hall–Kier alpha value is -2.08. The molecule has 3 rings (SSSR count). The van der Waals surface area contributed by atoms with E-state index in [1.54, 1.807) is 18.1 Å². The number of benzene rings is 2. The minimum atomic E-state index is -0.0990. The summed E-state index contributed by atoms with van der Waals surface area (Å²) < 4.78 is 5.72. The summed E-state index contributed by atoms with van der Waals surface area (Å²) in [5.41, 5.74) is 2.10. The lowest BCUT2D eigenvalue weighted by Crippen LogP contribution is -2.30. The molecule has 0 atom stereocenters. The van der Waals surface area contributed by atoms with Crippen molar-refractivity contribution in [2.75, 3.05) is 13.7 Å². The fourth-order valence-corrected chi connectivity index (χ4v) is 4.20.